The van der Waals surface area contributed by atoms with E-state index in [-0.39, 0.29) is 24.1 Å². The van der Waals surface area contributed by atoms with Crippen LogP contribution in [0.2, 0.25) is 0 Å². The van der Waals surface area contributed by atoms with Crippen LogP contribution in [-0.2, 0) is 0 Å². The highest BCUT2D eigenvalue weighted by Crippen LogP contribution is 2.29. The van der Waals surface area contributed by atoms with Crippen LogP contribution in [0.5, 0.6) is 0 Å². The van der Waals surface area contributed by atoms with Crippen LogP contribution >= 0.6 is 11.8 Å². The lowest BCUT2D eigenvalue weighted by Crippen LogP contribution is -2.27. The van der Waals surface area contributed by atoms with Gasteiger partial charge in [-0.25, -0.2) is 0 Å². The van der Waals surface area contributed by atoms with Crippen LogP contribution in [0.4, 0.5) is 18.9 Å². The minimum absolute atomic E-state index is 0.0531. The van der Waals surface area contributed by atoms with Gasteiger partial charge in [-0.3, -0.25) is 9.78 Å². The van der Waals surface area contributed by atoms with Gasteiger partial charge in [0.25, 0.3) is 5.91 Å². The Morgan fingerprint density at radius 2 is 2.15 bits per heavy atom. The molecule has 0 aromatic carbocycles. The molecule has 0 fully saturated rings. The zero-order valence-electron chi connectivity index (χ0n) is 11.2. The maximum absolute atomic E-state index is 11.9. The third-order valence-electron chi connectivity index (χ3n) is 2.31. The van der Waals surface area contributed by atoms with Gasteiger partial charge in [0, 0.05) is 30.7 Å². The highest BCUT2D eigenvalue weighted by Gasteiger charge is 2.27. The van der Waals surface area contributed by atoms with Gasteiger partial charge in [-0.05, 0) is 31.7 Å². The highest BCUT2D eigenvalue weighted by atomic mass is 32.2. The summed E-state index contributed by atoms with van der Waals surface area (Å²) in [5, 5.41) is 5.48. The summed E-state index contributed by atoms with van der Waals surface area (Å²) < 4.78 is 35.8. The Labute approximate surface area is 119 Å². The summed E-state index contributed by atoms with van der Waals surface area (Å²) in [6, 6.07) is 1.73. The van der Waals surface area contributed by atoms with Crippen LogP contribution in [0.15, 0.2) is 12.3 Å². The van der Waals surface area contributed by atoms with E-state index in [2.05, 4.69) is 15.6 Å². The maximum atomic E-state index is 11.9. The standard InChI is InChI=1S/C12H16F3N3OS/c1-3-16-10-6-8(2)18-7-9(10)11(19)17-4-5-20-12(13,14)15/h6-7H,3-5H2,1-2H3,(H,16,18)(H,17,19). The van der Waals surface area contributed by atoms with Gasteiger partial charge in [0.2, 0.25) is 0 Å². The van der Waals surface area contributed by atoms with Crippen LogP contribution in [0.25, 0.3) is 0 Å². The van der Waals surface area contributed by atoms with Crippen molar-refractivity contribution in [2.75, 3.05) is 24.2 Å². The lowest BCUT2D eigenvalue weighted by Gasteiger charge is -2.11. The molecule has 0 spiro atoms. The second-order valence-corrected chi connectivity index (χ2v) is 5.11. The van der Waals surface area contributed by atoms with Crippen LogP contribution in [0, 0.1) is 6.92 Å². The highest BCUT2D eigenvalue weighted by molar-refractivity contribution is 8.00. The van der Waals surface area contributed by atoms with Crippen molar-refractivity contribution in [1.82, 2.24) is 10.3 Å². The van der Waals surface area contributed by atoms with Crippen molar-refractivity contribution >= 4 is 23.4 Å². The van der Waals surface area contributed by atoms with Crippen LogP contribution in [0.3, 0.4) is 0 Å². The predicted octanol–water partition coefficient (Wildman–Crippen LogP) is 2.80. The van der Waals surface area contributed by atoms with E-state index in [1.807, 2.05) is 6.92 Å². The molecule has 20 heavy (non-hydrogen) atoms. The first-order valence-corrected chi connectivity index (χ1v) is 7.01. The molecular weight excluding hydrogens is 291 g/mol. The van der Waals surface area contributed by atoms with Crippen molar-refractivity contribution in [1.29, 1.82) is 0 Å². The first kappa shape index (κ1) is 16.6. The van der Waals surface area contributed by atoms with Crippen LogP contribution in [-0.4, -0.2) is 35.2 Å². The number of anilines is 1. The third-order valence-corrected chi connectivity index (χ3v) is 3.04. The molecule has 1 heterocycles. The molecule has 112 valence electrons. The second-order valence-electron chi connectivity index (χ2n) is 3.95. The molecule has 0 radical (unpaired) electrons. The number of carbonyl (C=O) groups is 1. The van der Waals surface area contributed by atoms with Crippen molar-refractivity contribution in [3.8, 4) is 0 Å². The number of pyridine rings is 1. The molecule has 0 atom stereocenters. The van der Waals surface area contributed by atoms with Crippen molar-refractivity contribution in [2.45, 2.75) is 19.4 Å². The van der Waals surface area contributed by atoms with Gasteiger partial charge in [-0.1, -0.05) is 0 Å². The lowest BCUT2D eigenvalue weighted by molar-refractivity contribution is -0.0327. The van der Waals surface area contributed by atoms with Crippen molar-refractivity contribution in [3.05, 3.63) is 23.5 Å². The topological polar surface area (TPSA) is 54.0 Å². The number of amides is 1. The first-order chi connectivity index (χ1) is 9.33. The molecule has 8 heteroatoms. The van der Waals surface area contributed by atoms with Crippen LogP contribution in [0.1, 0.15) is 23.0 Å². The number of thioether (sulfide) groups is 1. The van der Waals surface area contributed by atoms with Gasteiger partial charge >= 0.3 is 5.51 Å². The first-order valence-electron chi connectivity index (χ1n) is 6.03. The number of aromatic nitrogens is 1. The van der Waals surface area contributed by atoms with E-state index >= 15 is 0 Å². The minimum Gasteiger partial charge on any atom is -0.385 e. The van der Waals surface area contributed by atoms with E-state index in [1.165, 1.54) is 6.20 Å². The molecule has 0 saturated carbocycles. The monoisotopic (exact) mass is 307 g/mol. The number of rotatable bonds is 6. The van der Waals surface area contributed by atoms with Gasteiger partial charge in [-0.2, -0.15) is 13.2 Å². The molecular formula is C12H16F3N3OS. The summed E-state index contributed by atoms with van der Waals surface area (Å²) in [5.74, 6) is -0.651. The molecule has 0 aliphatic heterocycles. The number of alkyl halides is 3. The molecule has 2 N–H and O–H groups in total. The number of hydrogen-bond acceptors (Lipinski definition) is 4. The molecule has 1 aromatic rings. The molecule has 0 saturated heterocycles. The summed E-state index contributed by atoms with van der Waals surface area (Å²) in [5.41, 5.74) is -2.56. The number of carbonyl (C=O) groups excluding carboxylic acids is 1. The summed E-state index contributed by atoms with van der Waals surface area (Å²) in [6.07, 6.45) is 1.42. The van der Waals surface area contributed by atoms with Gasteiger partial charge in [-0.15, -0.1) is 0 Å². The molecule has 0 unspecified atom stereocenters. The average Bonchev–Trinajstić information content (AvgIpc) is 2.34. The molecule has 1 aromatic heterocycles. The van der Waals surface area contributed by atoms with Crippen molar-refractivity contribution in [3.63, 3.8) is 0 Å². The van der Waals surface area contributed by atoms with Gasteiger partial charge < -0.3 is 10.6 Å². The van der Waals surface area contributed by atoms with E-state index in [9.17, 15) is 18.0 Å². The molecule has 0 aliphatic carbocycles. The number of nitrogens with one attached hydrogen (secondary N) is 2. The Hall–Kier alpha value is -1.44. The largest absolute Gasteiger partial charge is 0.441 e. The van der Waals surface area contributed by atoms with E-state index < -0.39 is 11.4 Å². The average molecular weight is 307 g/mol. The second kappa shape index (κ2) is 7.37. The predicted molar refractivity (Wildman–Crippen MR) is 74.0 cm³/mol. The minimum atomic E-state index is -4.27. The molecule has 1 rings (SSSR count). The van der Waals surface area contributed by atoms with E-state index in [1.54, 1.807) is 13.0 Å². The summed E-state index contributed by atoms with van der Waals surface area (Å²) in [7, 11) is 0. The van der Waals surface area contributed by atoms with Crippen molar-refractivity contribution in [2.24, 2.45) is 0 Å². The summed E-state index contributed by atoms with van der Waals surface area (Å²) in [6.45, 7) is 4.26. The fourth-order valence-electron chi connectivity index (χ4n) is 1.50. The third kappa shape index (κ3) is 5.68. The van der Waals surface area contributed by atoms with Crippen LogP contribution < -0.4 is 10.6 Å². The number of hydrogen-bond donors (Lipinski definition) is 2. The fraction of sp³-hybridized carbons (Fsp3) is 0.500. The molecule has 0 bridgehead atoms. The van der Waals surface area contributed by atoms with E-state index in [0.717, 1.165) is 5.69 Å². The molecule has 4 nitrogen and oxygen atoms in total. The maximum Gasteiger partial charge on any atom is 0.441 e. The zero-order valence-corrected chi connectivity index (χ0v) is 12.0. The van der Waals surface area contributed by atoms with Gasteiger partial charge in [0.15, 0.2) is 0 Å². The number of nitrogens with zero attached hydrogens (tertiary/aromatic N) is 1. The number of halogens is 3. The Morgan fingerprint density at radius 3 is 2.75 bits per heavy atom. The lowest BCUT2D eigenvalue weighted by atomic mass is 10.2. The summed E-state index contributed by atoms with van der Waals surface area (Å²) >= 11 is -0.158. The van der Waals surface area contributed by atoms with Crippen molar-refractivity contribution < 1.29 is 18.0 Å². The van der Waals surface area contributed by atoms with E-state index in [4.69, 9.17) is 0 Å². The molecule has 1 amide bonds. The SMILES string of the molecule is CCNc1cc(C)ncc1C(=O)NCCSC(F)(F)F. The van der Waals surface area contributed by atoms with Gasteiger partial charge in [0.05, 0.1) is 11.3 Å². The summed E-state index contributed by atoms with van der Waals surface area (Å²) in [4.78, 5) is 15.9. The quantitative estimate of drug-likeness (QED) is 0.794. The van der Waals surface area contributed by atoms with Gasteiger partial charge in [0.1, 0.15) is 0 Å². The Bertz CT molecular complexity index is 466. The Balaban J connectivity index is 2.59. The normalized spacial score (nSPS) is 11.2. The number of aryl methyl sites for hydroxylation is 1. The molecule has 0 aliphatic rings. The van der Waals surface area contributed by atoms with E-state index in [0.29, 0.717) is 17.8 Å². The Kier molecular flexibility index (Phi) is 6.12. The Morgan fingerprint density at radius 1 is 1.45 bits per heavy atom. The fourth-order valence-corrected chi connectivity index (χ4v) is 1.94. The zero-order chi connectivity index (χ0) is 15.2. The smallest absolute Gasteiger partial charge is 0.385 e.